The Labute approximate surface area is 141 Å². The van der Waals surface area contributed by atoms with Gasteiger partial charge in [-0.15, -0.1) is 0 Å². The van der Waals surface area contributed by atoms with Crippen molar-refractivity contribution in [3.05, 3.63) is 34.9 Å². The molecule has 2 aliphatic rings. The van der Waals surface area contributed by atoms with Gasteiger partial charge in [-0.05, 0) is 36.5 Å². The number of ether oxygens (including phenoxy) is 2. The highest BCUT2D eigenvalue weighted by Crippen LogP contribution is 2.41. The Morgan fingerprint density at radius 3 is 2.83 bits per heavy atom. The molecule has 0 bridgehead atoms. The highest BCUT2D eigenvalue weighted by Gasteiger charge is 2.35. The molecule has 0 radical (unpaired) electrons. The number of benzene rings is 1. The highest BCUT2D eigenvalue weighted by atomic mass is 35.5. The molecule has 2 fully saturated rings. The first-order chi connectivity index (χ1) is 11.2. The van der Waals surface area contributed by atoms with Crippen LogP contribution in [0.5, 0.6) is 0 Å². The Morgan fingerprint density at radius 1 is 1.43 bits per heavy atom. The molecule has 6 heteroatoms. The van der Waals surface area contributed by atoms with E-state index in [4.69, 9.17) is 21.1 Å². The Morgan fingerprint density at radius 2 is 2.17 bits per heavy atom. The monoisotopic (exact) mass is 338 g/mol. The van der Waals surface area contributed by atoms with Crippen molar-refractivity contribution in [3.63, 3.8) is 0 Å². The molecule has 1 N–H and O–H groups in total. The lowest BCUT2D eigenvalue weighted by Crippen LogP contribution is -2.51. The van der Waals surface area contributed by atoms with E-state index in [-0.39, 0.29) is 18.2 Å². The molecule has 2 unspecified atom stereocenters. The van der Waals surface area contributed by atoms with Gasteiger partial charge in [-0.1, -0.05) is 23.7 Å². The normalized spacial score (nSPS) is 22.7. The Hall–Kier alpha value is -1.30. The predicted octanol–water partition coefficient (Wildman–Crippen LogP) is 2.85. The van der Waals surface area contributed by atoms with E-state index in [9.17, 15) is 4.79 Å². The lowest BCUT2D eigenvalue weighted by molar-refractivity contribution is -0.0497. The number of methoxy groups -OCH3 is 1. The van der Waals surface area contributed by atoms with Crippen LogP contribution in [0.3, 0.4) is 0 Å². The lowest BCUT2D eigenvalue weighted by Gasteiger charge is -2.34. The number of urea groups is 1. The minimum absolute atomic E-state index is 0.0266. The summed E-state index contributed by atoms with van der Waals surface area (Å²) < 4.78 is 10.7. The summed E-state index contributed by atoms with van der Waals surface area (Å²) in [6.45, 7) is 2.24. The van der Waals surface area contributed by atoms with Crippen molar-refractivity contribution in [2.45, 2.75) is 25.0 Å². The van der Waals surface area contributed by atoms with Crippen LogP contribution in [0.4, 0.5) is 4.79 Å². The van der Waals surface area contributed by atoms with Crippen LogP contribution in [-0.2, 0) is 9.47 Å². The molecule has 5 nitrogen and oxygen atoms in total. The van der Waals surface area contributed by atoms with E-state index >= 15 is 0 Å². The van der Waals surface area contributed by atoms with E-state index < -0.39 is 0 Å². The van der Waals surface area contributed by atoms with Gasteiger partial charge in [0.2, 0.25) is 0 Å². The summed E-state index contributed by atoms with van der Waals surface area (Å²) >= 11 is 5.96. The fourth-order valence-electron chi connectivity index (χ4n) is 2.99. The summed E-state index contributed by atoms with van der Waals surface area (Å²) in [5, 5.41) is 3.91. The number of carbonyl (C=O) groups excluding carboxylic acids is 1. The molecule has 126 valence electrons. The quantitative estimate of drug-likeness (QED) is 0.898. The van der Waals surface area contributed by atoms with E-state index in [2.05, 4.69) is 5.32 Å². The molecule has 0 spiro atoms. The number of morpholine rings is 1. The molecule has 2 atom stereocenters. The first-order valence-corrected chi connectivity index (χ1v) is 8.46. The van der Waals surface area contributed by atoms with Gasteiger partial charge in [0.05, 0.1) is 31.9 Å². The third-order valence-electron chi connectivity index (χ3n) is 4.38. The molecule has 1 saturated carbocycles. The highest BCUT2D eigenvalue weighted by molar-refractivity contribution is 6.30. The van der Waals surface area contributed by atoms with Gasteiger partial charge in [-0.2, -0.15) is 0 Å². The number of amides is 2. The first-order valence-electron chi connectivity index (χ1n) is 8.09. The van der Waals surface area contributed by atoms with Crippen LogP contribution in [0.1, 0.15) is 24.4 Å². The largest absolute Gasteiger partial charge is 0.382 e. The second-order valence-electron chi connectivity index (χ2n) is 6.21. The zero-order chi connectivity index (χ0) is 16.2. The van der Waals surface area contributed by atoms with E-state index in [0.29, 0.717) is 37.2 Å². The molecule has 1 aromatic rings. The van der Waals surface area contributed by atoms with Crippen molar-refractivity contribution in [1.82, 2.24) is 10.2 Å². The Bertz CT molecular complexity index is 531. The van der Waals surface area contributed by atoms with Crippen molar-refractivity contribution in [1.29, 1.82) is 0 Å². The fourth-order valence-corrected chi connectivity index (χ4v) is 3.11. The van der Waals surface area contributed by atoms with Gasteiger partial charge in [-0.25, -0.2) is 4.79 Å². The lowest BCUT2D eigenvalue weighted by atomic mass is 10.0. The van der Waals surface area contributed by atoms with Crippen LogP contribution in [0, 0.1) is 5.92 Å². The molecule has 1 saturated heterocycles. The molecule has 1 aliphatic heterocycles. The third kappa shape index (κ3) is 4.37. The van der Waals surface area contributed by atoms with Gasteiger partial charge in [0, 0.05) is 18.7 Å². The number of halogens is 1. The summed E-state index contributed by atoms with van der Waals surface area (Å²) in [6.07, 6.45) is 2.26. The van der Waals surface area contributed by atoms with Gasteiger partial charge in [0.25, 0.3) is 0 Å². The number of nitrogens with one attached hydrogen (secondary N) is 1. The molecule has 1 aliphatic carbocycles. The minimum Gasteiger partial charge on any atom is -0.382 e. The van der Waals surface area contributed by atoms with Crippen LogP contribution in [-0.4, -0.2) is 50.4 Å². The molecular weight excluding hydrogens is 316 g/mol. The summed E-state index contributed by atoms with van der Waals surface area (Å²) in [5.41, 5.74) is 1.12. The van der Waals surface area contributed by atoms with Gasteiger partial charge < -0.3 is 19.7 Å². The Kier molecular flexibility index (Phi) is 5.41. The zero-order valence-electron chi connectivity index (χ0n) is 13.3. The van der Waals surface area contributed by atoms with Crippen LogP contribution in [0.15, 0.2) is 24.3 Å². The van der Waals surface area contributed by atoms with Crippen LogP contribution >= 0.6 is 11.6 Å². The van der Waals surface area contributed by atoms with E-state index in [1.165, 1.54) is 0 Å². The van der Waals surface area contributed by atoms with Gasteiger partial charge in [0.15, 0.2) is 0 Å². The van der Waals surface area contributed by atoms with Crippen LogP contribution in [0.2, 0.25) is 5.02 Å². The van der Waals surface area contributed by atoms with E-state index in [1.807, 2.05) is 29.2 Å². The number of nitrogens with zero attached hydrogens (tertiary/aromatic N) is 1. The van der Waals surface area contributed by atoms with Crippen molar-refractivity contribution in [3.8, 4) is 0 Å². The molecule has 1 heterocycles. The second kappa shape index (κ2) is 7.51. The van der Waals surface area contributed by atoms with Crippen LogP contribution < -0.4 is 5.32 Å². The standard InChI is InChI=1S/C17H23ClN2O3/c1-22-11-15-10-20(8-9-23-15)17(21)19-16(12-2-3-12)13-4-6-14(18)7-5-13/h4-7,12,15-16H,2-3,8-11H2,1H3,(H,19,21). The molecule has 0 aromatic heterocycles. The van der Waals surface area contributed by atoms with Crippen molar-refractivity contribution in [2.24, 2.45) is 5.92 Å². The number of hydrogen-bond donors (Lipinski definition) is 1. The molecule has 1 aromatic carbocycles. The summed E-state index contributed by atoms with van der Waals surface area (Å²) in [5.74, 6) is 0.524. The molecule has 23 heavy (non-hydrogen) atoms. The maximum Gasteiger partial charge on any atom is 0.318 e. The maximum absolute atomic E-state index is 12.6. The Balaban J connectivity index is 1.63. The zero-order valence-corrected chi connectivity index (χ0v) is 14.1. The third-order valence-corrected chi connectivity index (χ3v) is 4.63. The van der Waals surface area contributed by atoms with Crippen molar-refractivity contribution >= 4 is 17.6 Å². The summed E-state index contributed by atoms with van der Waals surface area (Å²) in [7, 11) is 1.64. The summed E-state index contributed by atoms with van der Waals surface area (Å²) in [4.78, 5) is 14.4. The number of rotatable bonds is 5. The van der Waals surface area contributed by atoms with Crippen molar-refractivity contribution < 1.29 is 14.3 Å². The van der Waals surface area contributed by atoms with Gasteiger partial charge in [0.1, 0.15) is 0 Å². The predicted molar refractivity (Wildman–Crippen MR) is 88.6 cm³/mol. The topological polar surface area (TPSA) is 50.8 Å². The summed E-state index contributed by atoms with van der Waals surface area (Å²) in [6, 6.07) is 7.78. The maximum atomic E-state index is 12.6. The number of hydrogen-bond acceptors (Lipinski definition) is 3. The van der Waals surface area contributed by atoms with E-state index in [0.717, 1.165) is 18.4 Å². The average molecular weight is 339 g/mol. The smallest absolute Gasteiger partial charge is 0.318 e. The minimum atomic E-state index is -0.0468. The molecule has 2 amide bonds. The molecular formula is C17H23ClN2O3. The number of carbonyl (C=O) groups is 1. The van der Waals surface area contributed by atoms with E-state index in [1.54, 1.807) is 7.11 Å². The van der Waals surface area contributed by atoms with Gasteiger partial charge >= 0.3 is 6.03 Å². The SMILES string of the molecule is COCC1CN(C(=O)NC(c2ccc(Cl)cc2)C2CC2)CCO1. The molecule has 3 rings (SSSR count). The van der Waals surface area contributed by atoms with Gasteiger partial charge in [-0.3, -0.25) is 0 Å². The second-order valence-corrected chi connectivity index (χ2v) is 6.65. The van der Waals surface area contributed by atoms with Crippen LogP contribution in [0.25, 0.3) is 0 Å². The van der Waals surface area contributed by atoms with Crippen molar-refractivity contribution in [2.75, 3.05) is 33.4 Å². The fraction of sp³-hybridized carbons (Fsp3) is 0.588. The first kappa shape index (κ1) is 16.6. The average Bonchev–Trinajstić information content (AvgIpc) is 3.39.